The van der Waals surface area contributed by atoms with Gasteiger partial charge in [0.1, 0.15) is 0 Å². The lowest BCUT2D eigenvalue weighted by molar-refractivity contribution is -0.192. The van der Waals surface area contributed by atoms with Crippen LogP contribution in [-0.2, 0) is 24.9 Å². The highest BCUT2D eigenvalue weighted by atomic mass is 19.4. The number of ketones is 1. The number of carboxylic acids is 1. The van der Waals surface area contributed by atoms with Gasteiger partial charge in [-0.15, -0.1) is 0 Å². The number of rotatable bonds is 6. The molecule has 0 bridgehead atoms. The van der Waals surface area contributed by atoms with Gasteiger partial charge in [0, 0.05) is 57.7 Å². The molecule has 1 saturated heterocycles. The molecule has 15 heteroatoms. The number of nitrogens with zero attached hydrogens (tertiary/aromatic N) is 6. The van der Waals surface area contributed by atoms with Crippen LogP contribution in [0, 0.1) is 0 Å². The standard InChI is InChI=1S/C22H27N7O3.C2HF3O2/c1-15(2)6-10-28-18-19(25-21(28)27-11-8-23-9-12-27)26(3)22(32)29(20(18)31)14-17(30)16-5-4-7-24-13-16;3-2(4,5)1(6)7/h4-7,13,23H,8-12,14H2,1-3H3;(H,6,7). The van der Waals surface area contributed by atoms with E-state index in [-0.39, 0.29) is 12.3 Å². The van der Waals surface area contributed by atoms with Crippen LogP contribution < -0.4 is 21.5 Å². The van der Waals surface area contributed by atoms with Crippen molar-refractivity contribution >= 4 is 28.9 Å². The van der Waals surface area contributed by atoms with Crippen molar-refractivity contribution in [3.63, 3.8) is 0 Å². The molecule has 2 N–H and O–H groups in total. The zero-order valence-corrected chi connectivity index (χ0v) is 21.5. The van der Waals surface area contributed by atoms with Crippen LogP contribution in [0.3, 0.4) is 0 Å². The number of alkyl halides is 3. The predicted molar refractivity (Wildman–Crippen MR) is 136 cm³/mol. The van der Waals surface area contributed by atoms with E-state index in [0.29, 0.717) is 29.2 Å². The number of hydrogen-bond acceptors (Lipinski definition) is 8. The molecule has 0 amide bonds. The number of hydrogen-bond donors (Lipinski definition) is 2. The number of imidazole rings is 1. The quantitative estimate of drug-likeness (QED) is 0.341. The smallest absolute Gasteiger partial charge is 0.475 e. The Hall–Kier alpha value is -4.27. The van der Waals surface area contributed by atoms with E-state index >= 15 is 0 Å². The molecule has 0 spiro atoms. The summed E-state index contributed by atoms with van der Waals surface area (Å²) in [6.07, 6.45) is -0.0755. The molecule has 0 saturated carbocycles. The summed E-state index contributed by atoms with van der Waals surface area (Å²) < 4.78 is 35.9. The van der Waals surface area contributed by atoms with Gasteiger partial charge in [0.05, 0.1) is 6.54 Å². The van der Waals surface area contributed by atoms with Gasteiger partial charge < -0.3 is 19.9 Å². The molecule has 0 aliphatic carbocycles. The molecular weight excluding hydrogens is 523 g/mol. The van der Waals surface area contributed by atoms with Crippen LogP contribution in [0.1, 0.15) is 24.2 Å². The van der Waals surface area contributed by atoms with Crippen LogP contribution in [-0.4, -0.2) is 72.9 Å². The van der Waals surface area contributed by atoms with E-state index in [4.69, 9.17) is 14.9 Å². The topological polar surface area (TPSA) is 144 Å². The molecule has 1 aliphatic heterocycles. The molecule has 0 radical (unpaired) electrons. The fraction of sp³-hybridized carbons (Fsp3) is 0.417. The Balaban J connectivity index is 0.000000532. The third-order valence-electron chi connectivity index (χ3n) is 5.82. The van der Waals surface area contributed by atoms with Crippen LogP contribution in [0.25, 0.3) is 11.2 Å². The third kappa shape index (κ3) is 6.79. The molecule has 1 fully saturated rings. The Morgan fingerprint density at radius 2 is 1.79 bits per heavy atom. The third-order valence-corrected chi connectivity index (χ3v) is 5.82. The summed E-state index contributed by atoms with van der Waals surface area (Å²) >= 11 is 0. The van der Waals surface area contributed by atoms with Crippen molar-refractivity contribution in [1.29, 1.82) is 0 Å². The summed E-state index contributed by atoms with van der Waals surface area (Å²) in [4.78, 5) is 58.9. The first-order valence-corrected chi connectivity index (χ1v) is 11.8. The average Bonchev–Trinajstić information content (AvgIpc) is 3.29. The molecular formula is C24H28F3N7O5. The van der Waals surface area contributed by atoms with Crippen molar-refractivity contribution in [2.24, 2.45) is 7.05 Å². The zero-order chi connectivity index (χ0) is 28.9. The highest BCUT2D eigenvalue weighted by Crippen LogP contribution is 2.20. The summed E-state index contributed by atoms with van der Waals surface area (Å²) in [6.45, 7) is 7.20. The summed E-state index contributed by atoms with van der Waals surface area (Å²) in [5, 5.41) is 10.4. The molecule has 39 heavy (non-hydrogen) atoms. The zero-order valence-electron chi connectivity index (χ0n) is 21.5. The normalized spacial score (nSPS) is 13.5. The van der Waals surface area contributed by atoms with E-state index in [1.54, 1.807) is 25.4 Å². The first kappa shape index (κ1) is 29.3. The second-order valence-corrected chi connectivity index (χ2v) is 8.91. The molecule has 4 rings (SSSR count). The number of fused-ring (bicyclic) bond motifs is 1. The minimum absolute atomic E-state index is 0.317. The molecule has 3 aromatic rings. The number of carbonyl (C=O) groups excluding carboxylic acids is 1. The lowest BCUT2D eigenvalue weighted by Gasteiger charge is -2.28. The number of carboxylic acid groups (broad SMARTS) is 1. The second kappa shape index (κ2) is 12.1. The number of Topliss-reactive ketones (excluding diaryl/α,β-unsaturated/α-hetero) is 1. The van der Waals surface area contributed by atoms with Gasteiger partial charge in [-0.1, -0.05) is 11.6 Å². The van der Waals surface area contributed by atoms with Crippen LogP contribution >= 0.6 is 0 Å². The van der Waals surface area contributed by atoms with Gasteiger partial charge >= 0.3 is 17.8 Å². The van der Waals surface area contributed by atoms with Gasteiger partial charge in [-0.3, -0.25) is 23.7 Å². The van der Waals surface area contributed by atoms with E-state index in [1.165, 1.54) is 10.8 Å². The molecule has 0 aromatic carbocycles. The summed E-state index contributed by atoms with van der Waals surface area (Å²) in [7, 11) is 1.58. The SMILES string of the molecule is CC(C)=CCn1c(N2CCNCC2)nc2c1c(=O)n(CC(=O)c1cccnc1)c(=O)n2C.O=C(O)C(F)(F)F. The highest BCUT2D eigenvalue weighted by Gasteiger charge is 2.38. The maximum atomic E-state index is 13.5. The Morgan fingerprint density at radius 3 is 2.33 bits per heavy atom. The number of aliphatic carboxylic acids is 1. The van der Waals surface area contributed by atoms with Crippen LogP contribution in [0.15, 0.2) is 45.8 Å². The predicted octanol–water partition coefficient (Wildman–Crippen LogP) is 1.18. The average molecular weight is 552 g/mol. The fourth-order valence-corrected chi connectivity index (χ4v) is 3.82. The molecule has 0 atom stereocenters. The number of pyridine rings is 1. The van der Waals surface area contributed by atoms with E-state index < -0.39 is 23.4 Å². The maximum Gasteiger partial charge on any atom is 0.490 e. The number of nitrogens with one attached hydrogen (secondary N) is 1. The first-order valence-electron chi connectivity index (χ1n) is 11.8. The second-order valence-electron chi connectivity index (χ2n) is 8.91. The molecule has 3 aromatic heterocycles. The summed E-state index contributed by atoms with van der Waals surface area (Å²) in [5.74, 6) is -2.45. The lowest BCUT2D eigenvalue weighted by atomic mass is 10.2. The number of anilines is 1. The fourth-order valence-electron chi connectivity index (χ4n) is 3.82. The lowest BCUT2D eigenvalue weighted by Crippen LogP contribution is -2.44. The molecule has 4 heterocycles. The monoisotopic (exact) mass is 551 g/mol. The minimum Gasteiger partial charge on any atom is -0.475 e. The van der Waals surface area contributed by atoms with Gasteiger partial charge in [-0.05, 0) is 26.0 Å². The van der Waals surface area contributed by atoms with E-state index in [2.05, 4.69) is 15.2 Å². The van der Waals surface area contributed by atoms with Crippen LogP contribution in [0.4, 0.5) is 19.1 Å². The first-order chi connectivity index (χ1) is 18.3. The Kier molecular flexibility index (Phi) is 9.06. The van der Waals surface area contributed by atoms with Crippen molar-refractivity contribution in [1.82, 2.24) is 29.0 Å². The van der Waals surface area contributed by atoms with E-state index in [0.717, 1.165) is 36.3 Å². The van der Waals surface area contributed by atoms with E-state index in [9.17, 15) is 27.6 Å². The van der Waals surface area contributed by atoms with Crippen LogP contribution in [0.5, 0.6) is 0 Å². The van der Waals surface area contributed by atoms with Crippen molar-refractivity contribution in [2.45, 2.75) is 33.1 Å². The summed E-state index contributed by atoms with van der Waals surface area (Å²) in [5.41, 5.74) is 1.00. The van der Waals surface area contributed by atoms with Crippen molar-refractivity contribution < 1.29 is 27.9 Å². The molecule has 210 valence electrons. The van der Waals surface area contributed by atoms with Crippen LogP contribution in [0.2, 0.25) is 0 Å². The highest BCUT2D eigenvalue weighted by molar-refractivity contribution is 5.95. The van der Waals surface area contributed by atoms with Gasteiger partial charge in [-0.2, -0.15) is 18.2 Å². The Labute approximate surface area is 220 Å². The molecule has 12 nitrogen and oxygen atoms in total. The Bertz CT molecular complexity index is 1500. The number of aryl methyl sites for hydroxylation is 1. The largest absolute Gasteiger partial charge is 0.490 e. The van der Waals surface area contributed by atoms with Gasteiger partial charge in [0.2, 0.25) is 5.95 Å². The Morgan fingerprint density at radius 1 is 1.15 bits per heavy atom. The van der Waals surface area contributed by atoms with Crippen molar-refractivity contribution in [3.05, 3.63) is 62.6 Å². The summed E-state index contributed by atoms with van der Waals surface area (Å²) in [6, 6.07) is 3.26. The number of piperazine rings is 1. The number of aromatic nitrogens is 5. The van der Waals surface area contributed by atoms with Crippen molar-refractivity contribution in [2.75, 3.05) is 31.1 Å². The number of carbonyl (C=O) groups is 2. The molecule has 0 unspecified atom stereocenters. The molecule has 1 aliphatic rings. The van der Waals surface area contributed by atoms with Crippen molar-refractivity contribution in [3.8, 4) is 0 Å². The minimum atomic E-state index is -5.08. The van der Waals surface area contributed by atoms with Gasteiger partial charge in [-0.25, -0.2) is 9.59 Å². The van der Waals surface area contributed by atoms with Gasteiger partial charge in [0.15, 0.2) is 16.9 Å². The number of allylic oxidation sites excluding steroid dienone is 2. The number of halogens is 3. The maximum absolute atomic E-state index is 13.5. The van der Waals surface area contributed by atoms with E-state index in [1.807, 2.05) is 24.5 Å². The van der Waals surface area contributed by atoms with Gasteiger partial charge in [0.25, 0.3) is 5.56 Å².